The molecule has 1 rings (SSSR count). The molecule has 2 amide bonds. The summed E-state index contributed by atoms with van der Waals surface area (Å²) in [6, 6.07) is -0.0275. The molecule has 5 heteroatoms. The molecule has 0 aromatic rings. The quantitative estimate of drug-likeness (QED) is 0.837. The van der Waals surface area contributed by atoms with Crippen LogP contribution >= 0.6 is 0 Å². The summed E-state index contributed by atoms with van der Waals surface area (Å²) in [4.78, 5) is 26.6. The van der Waals surface area contributed by atoms with Crippen molar-refractivity contribution in [2.45, 2.75) is 52.1 Å². The van der Waals surface area contributed by atoms with Crippen molar-refractivity contribution in [2.24, 2.45) is 5.92 Å². The molecule has 0 aliphatic carbocycles. The fourth-order valence-corrected chi connectivity index (χ4v) is 2.33. The normalized spacial score (nSPS) is 21.2. The van der Waals surface area contributed by atoms with Crippen LogP contribution < -0.4 is 0 Å². The first-order chi connectivity index (χ1) is 8.34. The van der Waals surface area contributed by atoms with E-state index in [0.717, 1.165) is 12.8 Å². The van der Waals surface area contributed by atoms with Crippen molar-refractivity contribution in [3.63, 3.8) is 0 Å². The average Bonchev–Trinajstić information content (AvgIpc) is 2.73. The van der Waals surface area contributed by atoms with Gasteiger partial charge in [-0.15, -0.1) is 0 Å². The molecule has 0 bridgehead atoms. The van der Waals surface area contributed by atoms with E-state index in [1.54, 1.807) is 16.8 Å². The van der Waals surface area contributed by atoms with Crippen LogP contribution in [-0.4, -0.2) is 52.6 Å². The second kappa shape index (κ2) is 6.07. The highest BCUT2D eigenvalue weighted by atomic mass is 16.4. The van der Waals surface area contributed by atoms with Crippen LogP contribution in [0.5, 0.6) is 0 Å². The molecule has 2 atom stereocenters. The summed E-state index contributed by atoms with van der Waals surface area (Å²) in [6.45, 7) is 6.84. The molecule has 1 fully saturated rings. The predicted octanol–water partition coefficient (Wildman–Crippen LogP) is 2.02. The van der Waals surface area contributed by atoms with Crippen molar-refractivity contribution in [3.8, 4) is 0 Å². The van der Waals surface area contributed by atoms with Gasteiger partial charge in [0.05, 0.1) is 6.42 Å². The molecule has 1 heterocycles. The summed E-state index contributed by atoms with van der Waals surface area (Å²) in [5.41, 5.74) is 0. The first kappa shape index (κ1) is 14.8. The largest absolute Gasteiger partial charge is 0.481 e. The molecule has 1 aliphatic heterocycles. The second-order valence-corrected chi connectivity index (χ2v) is 5.47. The van der Waals surface area contributed by atoms with Crippen LogP contribution in [0.15, 0.2) is 0 Å². The van der Waals surface area contributed by atoms with Gasteiger partial charge in [-0.3, -0.25) is 4.79 Å². The van der Waals surface area contributed by atoms with Gasteiger partial charge in [0.25, 0.3) is 0 Å². The van der Waals surface area contributed by atoms with Crippen LogP contribution in [0.25, 0.3) is 0 Å². The first-order valence-corrected chi connectivity index (χ1v) is 6.59. The van der Waals surface area contributed by atoms with Crippen molar-refractivity contribution in [1.82, 2.24) is 9.80 Å². The van der Waals surface area contributed by atoms with Crippen LogP contribution in [0, 0.1) is 5.92 Å². The summed E-state index contributed by atoms with van der Waals surface area (Å²) in [5, 5.41) is 8.86. The van der Waals surface area contributed by atoms with Crippen molar-refractivity contribution in [3.05, 3.63) is 0 Å². The SMILES string of the molecule is CC(C)C(C)N(C)C(=O)N1CCCC1CC(=O)O. The number of amides is 2. The topological polar surface area (TPSA) is 60.9 Å². The van der Waals surface area contributed by atoms with E-state index in [1.807, 2.05) is 6.92 Å². The minimum Gasteiger partial charge on any atom is -0.481 e. The minimum atomic E-state index is -0.834. The summed E-state index contributed by atoms with van der Waals surface area (Å²) < 4.78 is 0. The first-order valence-electron chi connectivity index (χ1n) is 6.59. The van der Waals surface area contributed by atoms with E-state index in [1.165, 1.54) is 0 Å². The Bertz CT molecular complexity index is 317. The number of likely N-dealkylation sites (tertiary alicyclic amines) is 1. The second-order valence-electron chi connectivity index (χ2n) is 5.47. The van der Waals surface area contributed by atoms with E-state index in [0.29, 0.717) is 12.5 Å². The fourth-order valence-electron chi connectivity index (χ4n) is 2.33. The molecule has 1 saturated heterocycles. The number of carboxylic acid groups (broad SMARTS) is 1. The number of carboxylic acids is 1. The lowest BCUT2D eigenvalue weighted by molar-refractivity contribution is -0.138. The number of hydrogen-bond donors (Lipinski definition) is 1. The number of carbonyl (C=O) groups excluding carboxylic acids is 1. The van der Waals surface area contributed by atoms with Crippen LogP contribution in [0.4, 0.5) is 4.79 Å². The van der Waals surface area contributed by atoms with E-state index in [9.17, 15) is 9.59 Å². The number of urea groups is 1. The molecule has 0 aromatic carbocycles. The standard InChI is InChI=1S/C13H24N2O3/c1-9(2)10(3)14(4)13(18)15-7-5-6-11(15)8-12(16)17/h9-11H,5-8H2,1-4H3,(H,16,17). The zero-order valence-corrected chi connectivity index (χ0v) is 11.7. The molecule has 0 saturated carbocycles. The predicted molar refractivity (Wildman–Crippen MR) is 69.4 cm³/mol. The summed E-state index contributed by atoms with van der Waals surface area (Å²) in [6.07, 6.45) is 1.74. The van der Waals surface area contributed by atoms with Crippen molar-refractivity contribution >= 4 is 12.0 Å². The molecule has 0 aromatic heterocycles. The van der Waals surface area contributed by atoms with Gasteiger partial charge >= 0.3 is 12.0 Å². The monoisotopic (exact) mass is 256 g/mol. The minimum absolute atomic E-state index is 0.0417. The van der Waals surface area contributed by atoms with Gasteiger partial charge in [0, 0.05) is 25.7 Å². The molecular weight excluding hydrogens is 232 g/mol. The molecule has 2 unspecified atom stereocenters. The third-order valence-corrected chi connectivity index (χ3v) is 3.91. The van der Waals surface area contributed by atoms with E-state index in [-0.39, 0.29) is 24.5 Å². The highest BCUT2D eigenvalue weighted by Crippen LogP contribution is 2.22. The van der Waals surface area contributed by atoms with Gasteiger partial charge in [0.2, 0.25) is 0 Å². The van der Waals surface area contributed by atoms with Gasteiger partial charge in [0.1, 0.15) is 0 Å². The van der Waals surface area contributed by atoms with Gasteiger partial charge in [-0.25, -0.2) is 4.79 Å². The molecule has 104 valence electrons. The zero-order valence-electron chi connectivity index (χ0n) is 11.7. The molecule has 18 heavy (non-hydrogen) atoms. The maximum absolute atomic E-state index is 12.3. The Morgan fingerprint density at radius 1 is 1.39 bits per heavy atom. The van der Waals surface area contributed by atoms with Gasteiger partial charge in [-0.05, 0) is 25.7 Å². The Hall–Kier alpha value is -1.26. The van der Waals surface area contributed by atoms with E-state index in [4.69, 9.17) is 5.11 Å². The lowest BCUT2D eigenvalue weighted by atomic mass is 10.1. The summed E-state index contributed by atoms with van der Waals surface area (Å²) >= 11 is 0. The van der Waals surface area contributed by atoms with Crippen LogP contribution in [-0.2, 0) is 4.79 Å². The summed E-state index contributed by atoms with van der Waals surface area (Å²) in [5.74, 6) is -0.446. The Morgan fingerprint density at radius 3 is 2.50 bits per heavy atom. The number of hydrogen-bond acceptors (Lipinski definition) is 2. The molecule has 1 aliphatic rings. The number of rotatable bonds is 4. The lowest BCUT2D eigenvalue weighted by Crippen LogP contribution is -2.48. The number of nitrogens with zero attached hydrogens (tertiary/aromatic N) is 2. The fraction of sp³-hybridized carbons (Fsp3) is 0.846. The number of carbonyl (C=O) groups is 2. The molecule has 1 N–H and O–H groups in total. The van der Waals surface area contributed by atoms with E-state index < -0.39 is 5.97 Å². The Labute approximate surface area is 109 Å². The summed E-state index contributed by atoms with van der Waals surface area (Å²) in [7, 11) is 1.79. The Kier molecular flexibility index (Phi) is 4.99. The Morgan fingerprint density at radius 2 is 2.00 bits per heavy atom. The van der Waals surface area contributed by atoms with Crippen LogP contribution in [0.1, 0.15) is 40.0 Å². The van der Waals surface area contributed by atoms with Gasteiger partial charge in [-0.1, -0.05) is 13.8 Å². The van der Waals surface area contributed by atoms with Gasteiger partial charge in [-0.2, -0.15) is 0 Å². The zero-order chi connectivity index (χ0) is 13.9. The van der Waals surface area contributed by atoms with Gasteiger partial charge in [0.15, 0.2) is 0 Å². The van der Waals surface area contributed by atoms with Crippen LogP contribution in [0.3, 0.4) is 0 Å². The van der Waals surface area contributed by atoms with Crippen molar-refractivity contribution < 1.29 is 14.7 Å². The third kappa shape index (κ3) is 3.37. The van der Waals surface area contributed by atoms with Gasteiger partial charge < -0.3 is 14.9 Å². The van der Waals surface area contributed by atoms with Crippen molar-refractivity contribution in [2.75, 3.05) is 13.6 Å². The van der Waals surface area contributed by atoms with E-state index in [2.05, 4.69) is 13.8 Å². The Balaban J connectivity index is 2.67. The molecule has 0 radical (unpaired) electrons. The third-order valence-electron chi connectivity index (χ3n) is 3.91. The molecular formula is C13H24N2O3. The van der Waals surface area contributed by atoms with Crippen molar-refractivity contribution in [1.29, 1.82) is 0 Å². The van der Waals surface area contributed by atoms with E-state index >= 15 is 0 Å². The average molecular weight is 256 g/mol. The van der Waals surface area contributed by atoms with Crippen LogP contribution in [0.2, 0.25) is 0 Å². The maximum atomic E-state index is 12.3. The molecule has 5 nitrogen and oxygen atoms in total. The highest BCUT2D eigenvalue weighted by Gasteiger charge is 2.33. The maximum Gasteiger partial charge on any atom is 0.320 e. The smallest absolute Gasteiger partial charge is 0.320 e. The number of aliphatic carboxylic acids is 1. The highest BCUT2D eigenvalue weighted by molar-refractivity contribution is 5.76. The lowest BCUT2D eigenvalue weighted by Gasteiger charge is -2.34. The molecule has 0 spiro atoms.